The fourth-order valence-electron chi connectivity index (χ4n) is 3.72. The lowest BCUT2D eigenvalue weighted by Gasteiger charge is -2.34. The molecule has 0 bridgehead atoms. The number of sulfonamides is 1. The summed E-state index contributed by atoms with van der Waals surface area (Å²) < 4.78 is 33.5. The number of para-hydroxylation sites is 1. The molecule has 2 unspecified atom stereocenters. The van der Waals surface area contributed by atoms with Gasteiger partial charge in [-0.25, -0.2) is 8.42 Å². The van der Waals surface area contributed by atoms with Gasteiger partial charge in [0.25, 0.3) is 5.91 Å². The van der Waals surface area contributed by atoms with Crippen molar-refractivity contribution in [2.24, 2.45) is 11.8 Å². The molecule has 6 nitrogen and oxygen atoms in total. The predicted molar refractivity (Wildman–Crippen MR) is 114 cm³/mol. The average Bonchev–Trinajstić information content (AvgIpc) is 2.68. The Morgan fingerprint density at radius 3 is 2.41 bits per heavy atom. The first-order valence-corrected chi connectivity index (χ1v) is 11.3. The Hall–Kier alpha value is -2.09. The van der Waals surface area contributed by atoms with E-state index in [2.05, 4.69) is 5.32 Å². The molecule has 2 atom stereocenters. The third-order valence-electron chi connectivity index (χ3n) is 5.00. The van der Waals surface area contributed by atoms with Crippen molar-refractivity contribution in [3.63, 3.8) is 0 Å². The number of carbonyl (C=O) groups is 1. The van der Waals surface area contributed by atoms with Gasteiger partial charge < -0.3 is 10.1 Å². The van der Waals surface area contributed by atoms with Crippen molar-refractivity contribution in [1.82, 2.24) is 4.31 Å². The zero-order chi connectivity index (χ0) is 21.2. The third kappa shape index (κ3) is 4.74. The molecule has 0 saturated carbocycles. The van der Waals surface area contributed by atoms with Crippen LogP contribution in [-0.4, -0.2) is 38.8 Å². The Balaban J connectivity index is 1.94. The van der Waals surface area contributed by atoms with Crippen molar-refractivity contribution in [3.05, 3.63) is 53.1 Å². The fraction of sp³-hybridized carbons (Fsp3) is 0.381. The average molecular weight is 437 g/mol. The van der Waals surface area contributed by atoms with Crippen LogP contribution in [0, 0.1) is 11.8 Å². The smallest absolute Gasteiger partial charge is 0.255 e. The first-order valence-electron chi connectivity index (χ1n) is 9.46. The largest absolute Gasteiger partial charge is 0.495 e. The van der Waals surface area contributed by atoms with Crippen LogP contribution in [0.4, 0.5) is 5.69 Å². The van der Waals surface area contributed by atoms with Crippen LogP contribution >= 0.6 is 11.6 Å². The molecule has 1 N–H and O–H groups in total. The number of ether oxygens (including phenoxy) is 1. The third-order valence-corrected chi connectivity index (χ3v) is 7.18. The number of hydrogen-bond acceptors (Lipinski definition) is 4. The van der Waals surface area contributed by atoms with Crippen LogP contribution < -0.4 is 10.1 Å². The molecular weight excluding hydrogens is 412 g/mol. The zero-order valence-corrected chi connectivity index (χ0v) is 18.3. The maximum Gasteiger partial charge on any atom is 0.255 e. The minimum Gasteiger partial charge on any atom is -0.495 e. The maximum absolute atomic E-state index is 13.3. The molecule has 2 aromatic carbocycles. The zero-order valence-electron chi connectivity index (χ0n) is 16.7. The molecule has 1 fully saturated rings. The van der Waals surface area contributed by atoms with Crippen LogP contribution in [0.15, 0.2) is 47.4 Å². The number of rotatable bonds is 5. The topological polar surface area (TPSA) is 75.7 Å². The van der Waals surface area contributed by atoms with Crippen molar-refractivity contribution in [2.75, 3.05) is 25.5 Å². The number of halogens is 1. The van der Waals surface area contributed by atoms with Crippen LogP contribution in [0.5, 0.6) is 5.75 Å². The SMILES string of the molecule is COc1ccc(C(=O)Nc2ccccc2Cl)cc1S(=O)(=O)N1CC(C)CC(C)C1. The van der Waals surface area contributed by atoms with Crippen LogP contribution in [-0.2, 0) is 10.0 Å². The van der Waals surface area contributed by atoms with Gasteiger partial charge in [-0.3, -0.25) is 4.79 Å². The monoisotopic (exact) mass is 436 g/mol. The molecule has 1 aliphatic rings. The Morgan fingerprint density at radius 2 is 1.79 bits per heavy atom. The van der Waals surface area contributed by atoms with Gasteiger partial charge in [0, 0.05) is 18.7 Å². The molecule has 1 aliphatic heterocycles. The Morgan fingerprint density at radius 1 is 1.14 bits per heavy atom. The summed E-state index contributed by atoms with van der Waals surface area (Å²) >= 11 is 6.10. The van der Waals surface area contributed by atoms with E-state index >= 15 is 0 Å². The maximum atomic E-state index is 13.3. The van der Waals surface area contributed by atoms with Gasteiger partial charge in [0.05, 0.1) is 17.8 Å². The summed E-state index contributed by atoms with van der Waals surface area (Å²) in [6.07, 6.45) is 0.990. The molecule has 2 aromatic rings. The van der Waals surface area contributed by atoms with Gasteiger partial charge in [0.1, 0.15) is 10.6 Å². The van der Waals surface area contributed by atoms with E-state index < -0.39 is 15.9 Å². The summed E-state index contributed by atoms with van der Waals surface area (Å²) in [5.41, 5.74) is 0.667. The standard InChI is InChI=1S/C21H25ClN2O4S/c1-14-10-15(2)13-24(12-14)29(26,27)20-11-16(8-9-19(20)28-3)21(25)23-18-7-5-4-6-17(18)22/h4-9,11,14-15H,10,12-13H2,1-3H3,(H,23,25). The van der Waals surface area contributed by atoms with Crippen LogP contribution in [0.3, 0.4) is 0 Å². The van der Waals surface area contributed by atoms with Crippen molar-refractivity contribution in [3.8, 4) is 5.75 Å². The van der Waals surface area contributed by atoms with Crippen molar-refractivity contribution in [1.29, 1.82) is 0 Å². The number of nitrogens with zero attached hydrogens (tertiary/aromatic N) is 1. The van der Waals surface area contributed by atoms with Crippen molar-refractivity contribution >= 4 is 33.2 Å². The van der Waals surface area contributed by atoms with Crippen LogP contribution in [0.25, 0.3) is 0 Å². The number of anilines is 1. The molecular formula is C21H25ClN2O4S. The second-order valence-corrected chi connectivity index (χ2v) is 9.88. The highest BCUT2D eigenvalue weighted by Crippen LogP contribution is 2.32. The van der Waals surface area contributed by atoms with E-state index in [9.17, 15) is 13.2 Å². The molecule has 0 spiro atoms. The fourth-order valence-corrected chi connectivity index (χ4v) is 5.76. The number of methoxy groups -OCH3 is 1. The quantitative estimate of drug-likeness (QED) is 0.759. The normalized spacial score (nSPS) is 20.3. The van der Waals surface area contributed by atoms with Gasteiger partial charge >= 0.3 is 0 Å². The number of nitrogens with one attached hydrogen (secondary N) is 1. The van der Waals surface area contributed by atoms with E-state index in [0.29, 0.717) is 23.8 Å². The van der Waals surface area contributed by atoms with E-state index in [1.807, 2.05) is 13.8 Å². The van der Waals surface area contributed by atoms with E-state index in [4.69, 9.17) is 16.3 Å². The van der Waals surface area contributed by atoms with Gasteiger partial charge in [-0.05, 0) is 48.6 Å². The van der Waals surface area contributed by atoms with Crippen LogP contribution in [0.1, 0.15) is 30.6 Å². The van der Waals surface area contributed by atoms with Gasteiger partial charge in [-0.15, -0.1) is 0 Å². The lowest BCUT2D eigenvalue weighted by atomic mass is 9.94. The Bertz CT molecular complexity index is 999. The van der Waals surface area contributed by atoms with Gasteiger partial charge in [-0.2, -0.15) is 4.31 Å². The number of benzene rings is 2. The van der Waals surface area contributed by atoms with E-state index in [-0.39, 0.29) is 28.0 Å². The second-order valence-electron chi connectivity index (χ2n) is 7.57. The highest BCUT2D eigenvalue weighted by atomic mass is 35.5. The molecule has 3 rings (SSSR count). The molecule has 156 valence electrons. The molecule has 0 radical (unpaired) electrons. The Labute approximate surface area is 176 Å². The number of piperidine rings is 1. The minimum atomic E-state index is -3.81. The summed E-state index contributed by atoms with van der Waals surface area (Å²) in [5, 5.41) is 3.12. The highest BCUT2D eigenvalue weighted by molar-refractivity contribution is 7.89. The van der Waals surface area contributed by atoms with E-state index in [0.717, 1.165) is 6.42 Å². The number of carbonyl (C=O) groups excluding carboxylic acids is 1. The van der Waals surface area contributed by atoms with Gasteiger partial charge in [-0.1, -0.05) is 37.6 Å². The lowest BCUT2D eigenvalue weighted by Crippen LogP contribution is -2.42. The summed E-state index contributed by atoms with van der Waals surface area (Å²) in [5.74, 6) is 0.306. The molecule has 1 heterocycles. The number of amides is 1. The lowest BCUT2D eigenvalue weighted by molar-refractivity contribution is 0.102. The summed E-state index contributed by atoms with van der Waals surface area (Å²) in [4.78, 5) is 12.7. The van der Waals surface area contributed by atoms with Crippen molar-refractivity contribution < 1.29 is 17.9 Å². The van der Waals surface area contributed by atoms with Gasteiger partial charge in [0.15, 0.2) is 0 Å². The summed E-state index contributed by atoms with van der Waals surface area (Å²) in [6, 6.07) is 11.3. The molecule has 1 amide bonds. The Kier molecular flexibility index (Phi) is 6.51. The second kappa shape index (κ2) is 8.73. The minimum absolute atomic E-state index is 0.00638. The first-order chi connectivity index (χ1) is 13.7. The molecule has 0 aliphatic carbocycles. The summed E-state index contributed by atoms with van der Waals surface area (Å²) in [7, 11) is -2.39. The summed E-state index contributed by atoms with van der Waals surface area (Å²) in [6.45, 7) is 4.99. The number of hydrogen-bond donors (Lipinski definition) is 1. The van der Waals surface area contributed by atoms with Gasteiger partial charge in [0.2, 0.25) is 10.0 Å². The van der Waals surface area contributed by atoms with Crippen molar-refractivity contribution in [2.45, 2.75) is 25.2 Å². The predicted octanol–water partition coefficient (Wildman–Crippen LogP) is 4.27. The highest BCUT2D eigenvalue weighted by Gasteiger charge is 2.34. The molecule has 29 heavy (non-hydrogen) atoms. The molecule has 8 heteroatoms. The molecule has 1 saturated heterocycles. The van der Waals surface area contributed by atoms with E-state index in [1.54, 1.807) is 24.3 Å². The first kappa shape index (κ1) is 21.6. The van der Waals surface area contributed by atoms with Crippen LogP contribution in [0.2, 0.25) is 5.02 Å². The molecule has 0 aromatic heterocycles. The van der Waals surface area contributed by atoms with E-state index in [1.165, 1.54) is 29.6 Å².